The molecule has 1 aromatic carbocycles. The summed E-state index contributed by atoms with van der Waals surface area (Å²) in [7, 11) is 0. The standard InChI is InChI=1S/C20H25NO2/c1-3-13-7-12-8-17-19(13)21(10-12)11(2)6-16-15-9-14(22)4-5-18(15)23-20(16)17/h4-5,9,11-13,17,19,22H,3,6-8,10H2,1-2H3/t11-,12?,13?,17?,19?/m0/s1. The molecule has 122 valence electrons. The summed E-state index contributed by atoms with van der Waals surface area (Å²) < 4.78 is 6.37. The summed E-state index contributed by atoms with van der Waals surface area (Å²) in [6.07, 6.45) is 5.00. The van der Waals surface area contributed by atoms with E-state index >= 15 is 0 Å². The van der Waals surface area contributed by atoms with Gasteiger partial charge in [-0.05, 0) is 56.2 Å². The van der Waals surface area contributed by atoms with Crippen LogP contribution in [-0.2, 0) is 6.42 Å². The van der Waals surface area contributed by atoms with Gasteiger partial charge in [-0.3, -0.25) is 4.90 Å². The largest absolute Gasteiger partial charge is 0.508 e. The van der Waals surface area contributed by atoms with Gasteiger partial charge >= 0.3 is 0 Å². The molecule has 3 nitrogen and oxygen atoms in total. The van der Waals surface area contributed by atoms with Crippen LogP contribution in [0.2, 0.25) is 0 Å². The molecule has 1 aliphatic carbocycles. The van der Waals surface area contributed by atoms with Gasteiger partial charge in [0, 0.05) is 35.5 Å². The lowest BCUT2D eigenvalue weighted by molar-refractivity contribution is -0.0384. The number of phenolic OH excluding ortho intramolecular Hbond substituents is 1. The van der Waals surface area contributed by atoms with Gasteiger partial charge in [0.15, 0.2) is 0 Å². The van der Waals surface area contributed by atoms with Crippen LogP contribution in [0.25, 0.3) is 11.0 Å². The van der Waals surface area contributed by atoms with E-state index in [0.29, 0.717) is 23.8 Å². The molecule has 3 aliphatic heterocycles. The molecule has 6 atom stereocenters. The van der Waals surface area contributed by atoms with Crippen molar-refractivity contribution < 1.29 is 9.52 Å². The molecule has 0 radical (unpaired) electrons. The van der Waals surface area contributed by atoms with Crippen LogP contribution in [0, 0.1) is 11.8 Å². The van der Waals surface area contributed by atoms with E-state index in [1.54, 1.807) is 6.07 Å². The predicted molar refractivity (Wildman–Crippen MR) is 90.8 cm³/mol. The lowest BCUT2D eigenvalue weighted by Crippen LogP contribution is -2.58. The van der Waals surface area contributed by atoms with Crippen molar-refractivity contribution in [3.63, 3.8) is 0 Å². The van der Waals surface area contributed by atoms with Crippen molar-refractivity contribution in [2.45, 2.75) is 57.5 Å². The molecular weight excluding hydrogens is 286 g/mol. The average molecular weight is 311 g/mol. The molecule has 23 heavy (non-hydrogen) atoms. The topological polar surface area (TPSA) is 36.6 Å². The van der Waals surface area contributed by atoms with Crippen LogP contribution in [0.3, 0.4) is 0 Å². The minimum Gasteiger partial charge on any atom is -0.508 e. The predicted octanol–water partition coefficient (Wildman–Crippen LogP) is 4.29. The lowest BCUT2D eigenvalue weighted by atomic mass is 9.65. The van der Waals surface area contributed by atoms with Crippen molar-refractivity contribution >= 4 is 11.0 Å². The molecular formula is C20H25NO2. The van der Waals surface area contributed by atoms with Gasteiger partial charge in [0.2, 0.25) is 0 Å². The molecule has 1 aromatic heterocycles. The zero-order valence-corrected chi connectivity index (χ0v) is 14.0. The highest BCUT2D eigenvalue weighted by Crippen LogP contribution is 2.53. The van der Waals surface area contributed by atoms with Crippen molar-refractivity contribution in [3.05, 3.63) is 29.5 Å². The number of piperidine rings is 2. The number of hydrogen-bond donors (Lipinski definition) is 1. The van der Waals surface area contributed by atoms with Crippen LogP contribution < -0.4 is 0 Å². The Kier molecular flexibility index (Phi) is 2.88. The minimum atomic E-state index is 0.342. The van der Waals surface area contributed by atoms with Crippen molar-refractivity contribution in [1.82, 2.24) is 4.90 Å². The Bertz CT molecular complexity index is 764. The van der Waals surface area contributed by atoms with E-state index in [-0.39, 0.29) is 0 Å². The zero-order chi connectivity index (χ0) is 15.7. The third kappa shape index (κ3) is 1.86. The van der Waals surface area contributed by atoms with Crippen LogP contribution in [0.1, 0.15) is 50.4 Å². The fourth-order valence-electron chi connectivity index (χ4n) is 5.78. The van der Waals surface area contributed by atoms with Gasteiger partial charge in [-0.1, -0.05) is 13.3 Å². The molecule has 4 bridgehead atoms. The summed E-state index contributed by atoms with van der Waals surface area (Å²) in [5, 5.41) is 11.0. The molecule has 2 saturated heterocycles. The molecule has 3 heteroatoms. The maximum Gasteiger partial charge on any atom is 0.134 e. The van der Waals surface area contributed by atoms with E-state index in [1.807, 2.05) is 12.1 Å². The highest BCUT2D eigenvalue weighted by molar-refractivity contribution is 5.84. The maximum absolute atomic E-state index is 9.91. The number of benzene rings is 1. The Balaban J connectivity index is 1.72. The van der Waals surface area contributed by atoms with E-state index in [4.69, 9.17) is 4.42 Å². The number of fused-ring (bicyclic) bond motifs is 4. The summed E-state index contributed by atoms with van der Waals surface area (Å²) >= 11 is 0. The van der Waals surface area contributed by atoms with Crippen LogP contribution in [-0.4, -0.2) is 28.6 Å². The minimum absolute atomic E-state index is 0.342. The second-order valence-corrected chi connectivity index (χ2v) is 7.98. The fourth-order valence-corrected chi connectivity index (χ4v) is 5.78. The highest BCUT2D eigenvalue weighted by Gasteiger charge is 2.51. The highest BCUT2D eigenvalue weighted by atomic mass is 16.3. The third-order valence-electron chi connectivity index (χ3n) is 6.70. The van der Waals surface area contributed by atoms with Crippen molar-refractivity contribution in [2.24, 2.45) is 11.8 Å². The summed E-state index contributed by atoms with van der Waals surface area (Å²) in [5.41, 5.74) is 2.31. The monoisotopic (exact) mass is 311 g/mol. The van der Waals surface area contributed by atoms with E-state index in [9.17, 15) is 5.11 Å². The van der Waals surface area contributed by atoms with Gasteiger partial charge in [0.25, 0.3) is 0 Å². The summed E-state index contributed by atoms with van der Waals surface area (Å²) in [6.45, 7) is 5.99. The first-order chi connectivity index (χ1) is 11.2. The molecule has 1 N–H and O–H groups in total. The molecule has 2 aromatic rings. The van der Waals surface area contributed by atoms with Gasteiger partial charge in [-0.15, -0.1) is 0 Å². The van der Waals surface area contributed by atoms with Crippen molar-refractivity contribution in [2.75, 3.05) is 6.54 Å². The van der Waals surface area contributed by atoms with E-state index in [0.717, 1.165) is 29.2 Å². The van der Waals surface area contributed by atoms with E-state index in [2.05, 4.69) is 18.7 Å². The van der Waals surface area contributed by atoms with Crippen LogP contribution >= 0.6 is 0 Å². The first-order valence-corrected chi connectivity index (χ1v) is 9.15. The van der Waals surface area contributed by atoms with Gasteiger partial charge in [-0.25, -0.2) is 0 Å². The van der Waals surface area contributed by atoms with Gasteiger partial charge in [0.1, 0.15) is 17.1 Å². The molecule has 0 spiro atoms. The zero-order valence-electron chi connectivity index (χ0n) is 14.0. The van der Waals surface area contributed by atoms with Gasteiger partial charge in [0.05, 0.1) is 0 Å². The maximum atomic E-state index is 9.91. The second-order valence-electron chi connectivity index (χ2n) is 7.98. The average Bonchev–Trinajstić information content (AvgIpc) is 2.88. The number of hydrogen-bond acceptors (Lipinski definition) is 3. The smallest absolute Gasteiger partial charge is 0.134 e. The normalized spacial score (nSPS) is 38.5. The Labute approximate surface area is 137 Å². The fraction of sp³-hybridized carbons (Fsp3) is 0.600. The first-order valence-electron chi connectivity index (χ1n) is 9.15. The summed E-state index contributed by atoms with van der Waals surface area (Å²) in [6, 6.07) is 6.77. The second kappa shape index (κ2) is 4.76. The molecule has 5 unspecified atom stereocenters. The molecule has 6 rings (SSSR count). The van der Waals surface area contributed by atoms with Gasteiger partial charge in [-0.2, -0.15) is 0 Å². The molecule has 1 saturated carbocycles. The molecule has 4 aliphatic rings. The SMILES string of the molecule is CCC1CC2CC3c4oc5ccc(O)cc5c4C[C@H](C)N(C2)C13. The molecule has 4 heterocycles. The number of furan rings is 1. The van der Waals surface area contributed by atoms with Crippen LogP contribution in [0.5, 0.6) is 5.75 Å². The van der Waals surface area contributed by atoms with Crippen LogP contribution in [0.4, 0.5) is 0 Å². The third-order valence-corrected chi connectivity index (χ3v) is 6.70. The Hall–Kier alpha value is -1.48. The van der Waals surface area contributed by atoms with Crippen molar-refractivity contribution in [3.8, 4) is 5.75 Å². The van der Waals surface area contributed by atoms with E-state index < -0.39 is 0 Å². The number of phenols is 1. The quantitative estimate of drug-likeness (QED) is 0.853. The summed E-state index contributed by atoms with van der Waals surface area (Å²) in [4.78, 5) is 2.78. The number of rotatable bonds is 1. The Morgan fingerprint density at radius 2 is 2.17 bits per heavy atom. The summed E-state index contributed by atoms with van der Waals surface area (Å²) in [5.74, 6) is 3.75. The first kappa shape index (κ1) is 13.9. The molecule has 0 amide bonds. The van der Waals surface area contributed by atoms with Crippen molar-refractivity contribution in [1.29, 1.82) is 0 Å². The lowest BCUT2D eigenvalue weighted by Gasteiger charge is -2.54. The Morgan fingerprint density at radius 3 is 3.00 bits per heavy atom. The number of aromatic hydroxyl groups is 1. The van der Waals surface area contributed by atoms with E-state index in [1.165, 1.54) is 37.1 Å². The van der Waals surface area contributed by atoms with Crippen LogP contribution in [0.15, 0.2) is 22.6 Å². The number of nitrogens with zero attached hydrogens (tertiary/aromatic N) is 1. The Morgan fingerprint density at radius 1 is 1.30 bits per heavy atom. The molecule has 3 fully saturated rings. The van der Waals surface area contributed by atoms with Gasteiger partial charge < -0.3 is 9.52 Å².